The molecule has 0 amide bonds. The number of fused-ring (bicyclic) bond motifs is 7. The molecule has 0 atom stereocenters. The first-order valence-corrected chi connectivity index (χ1v) is 15.7. The van der Waals surface area contributed by atoms with Crippen LogP contribution in [0.4, 0.5) is 17.2 Å². The van der Waals surface area contributed by atoms with Gasteiger partial charge in [0.05, 0.1) is 22.4 Å². The molecule has 1 aliphatic heterocycles. The smallest absolute Gasteiger partial charge is 0.165 e. The van der Waals surface area contributed by atoms with Gasteiger partial charge in [-0.1, -0.05) is 91.0 Å². The number of anilines is 3. The second-order valence-electron chi connectivity index (χ2n) is 11.4. The van der Waals surface area contributed by atoms with Crippen molar-refractivity contribution < 1.29 is 0 Å². The van der Waals surface area contributed by atoms with Gasteiger partial charge in [-0.25, -0.2) is 9.97 Å². The van der Waals surface area contributed by atoms with E-state index in [1.54, 1.807) is 0 Å². The lowest BCUT2D eigenvalue weighted by molar-refractivity contribution is 1.18. The first-order chi connectivity index (χ1) is 21.8. The van der Waals surface area contributed by atoms with Gasteiger partial charge in [0.15, 0.2) is 5.82 Å². The normalized spacial score (nSPS) is 12.5. The number of hydrogen-bond acceptors (Lipinski definition) is 4. The van der Waals surface area contributed by atoms with Gasteiger partial charge in [0.1, 0.15) is 5.69 Å². The van der Waals surface area contributed by atoms with Crippen LogP contribution < -0.4 is 4.90 Å². The molecule has 0 bridgehead atoms. The van der Waals surface area contributed by atoms with Crippen LogP contribution in [0.15, 0.2) is 140 Å². The zero-order valence-corrected chi connectivity index (χ0v) is 24.3. The van der Waals surface area contributed by atoms with E-state index in [4.69, 9.17) is 9.97 Å². The van der Waals surface area contributed by atoms with Crippen LogP contribution >= 0.6 is 11.3 Å². The highest BCUT2D eigenvalue weighted by molar-refractivity contribution is 7.25. The van der Waals surface area contributed by atoms with Gasteiger partial charge in [0.2, 0.25) is 0 Å². The fourth-order valence-corrected chi connectivity index (χ4v) is 8.02. The zero-order valence-electron chi connectivity index (χ0n) is 23.5. The Balaban J connectivity index is 1.33. The van der Waals surface area contributed by atoms with E-state index in [0.29, 0.717) is 0 Å². The van der Waals surface area contributed by atoms with E-state index < -0.39 is 0 Å². The molecule has 2 aromatic heterocycles. The summed E-state index contributed by atoms with van der Waals surface area (Å²) in [6, 6.07) is 50.0. The first-order valence-electron chi connectivity index (χ1n) is 14.8. The minimum Gasteiger partial charge on any atom is -0.292 e. The molecule has 9 aromatic rings. The Morgan fingerprint density at radius 3 is 2.07 bits per heavy atom. The fraction of sp³-hybridized carbons (Fsp3) is 0. The Hall–Kier alpha value is -5.58. The maximum Gasteiger partial charge on any atom is 0.165 e. The van der Waals surface area contributed by atoms with Crippen LogP contribution in [0.25, 0.3) is 75.1 Å². The van der Waals surface area contributed by atoms with Gasteiger partial charge in [0.25, 0.3) is 0 Å². The van der Waals surface area contributed by atoms with E-state index in [1.165, 1.54) is 52.8 Å². The molecule has 3 nitrogen and oxygen atoms in total. The minimum absolute atomic E-state index is 0.834. The molecule has 0 unspecified atom stereocenters. The number of benzene rings is 7. The van der Waals surface area contributed by atoms with Crippen LogP contribution in [0.3, 0.4) is 0 Å². The molecule has 0 fully saturated rings. The lowest BCUT2D eigenvalue weighted by atomic mass is 9.89. The monoisotopic (exact) mass is 577 g/mol. The maximum absolute atomic E-state index is 5.41. The zero-order chi connectivity index (χ0) is 28.8. The predicted octanol–water partition coefficient (Wildman–Crippen LogP) is 11.4. The third kappa shape index (κ3) is 3.37. The number of thiophene rings is 1. The Morgan fingerprint density at radius 2 is 1.18 bits per heavy atom. The fourth-order valence-electron chi connectivity index (χ4n) is 6.93. The SMILES string of the molecule is c1ccc2cc3c(cc2c1)-c1cccc2cccc(c12)N3c1nc2ccccc2nc1-c1ccc2sc3ccccc3c2c1. The second kappa shape index (κ2) is 8.96. The molecule has 0 saturated carbocycles. The number of aromatic nitrogens is 2. The number of nitrogens with zero attached hydrogens (tertiary/aromatic N) is 3. The van der Waals surface area contributed by atoms with E-state index >= 15 is 0 Å². The van der Waals surface area contributed by atoms with Crippen LogP contribution in [0.2, 0.25) is 0 Å². The van der Waals surface area contributed by atoms with E-state index in [9.17, 15) is 0 Å². The molecule has 4 heteroatoms. The van der Waals surface area contributed by atoms with Crippen molar-refractivity contribution >= 4 is 81.3 Å². The molecular formula is C40H23N3S. The van der Waals surface area contributed by atoms with Crippen molar-refractivity contribution in [1.82, 2.24) is 9.97 Å². The van der Waals surface area contributed by atoms with Gasteiger partial charge in [-0.05, 0) is 70.3 Å². The molecule has 0 N–H and O–H groups in total. The molecule has 44 heavy (non-hydrogen) atoms. The summed E-state index contributed by atoms with van der Waals surface area (Å²) in [5.74, 6) is 0.834. The maximum atomic E-state index is 5.41. The van der Waals surface area contributed by atoms with Crippen molar-refractivity contribution in [2.24, 2.45) is 0 Å². The number of para-hydroxylation sites is 2. The van der Waals surface area contributed by atoms with Crippen LogP contribution in [0, 0.1) is 0 Å². The average molecular weight is 578 g/mol. The Bertz CT molecular complexity index is 2630. The summed E-state index contributed by atoms with van der Waals surface area (Å²) in [5.41, 5.74) is 8.37. The summed E-state index contributed by atoms with van der Waals surface area (Å²) >= 11 is 1.83. The third-order valence-corrected chi connectivity index (χ3v) is 10.1. The first kappa shape index (κ1) is 23.9. The van der Waals surface area contributed by atoms with Crippen LogP contribution in [0.5, 0.6) is 0 Å². The highest BCUT2D eigenvalue weighted by Gasteiger charge is 2.30. The van der Waals surface area contributed by atoms with Gasteiger partial charge in [0, 0.05) is 36.7 Å². The van der Waals surface area contributed by atoms with Crippen LogP contribution in [0.1, 0.15) is 0 Å². The van der Waals surface area contributed by atoms with Gasteiger partial charge in [-0.3, -0.25) is 4.90 Å². The minimum atomic E-state index is 0.834. The molecule has 10 rings (SSSR count). The number of rotatable bonds is 2. The van der Waals surface area contributed by atoms with Crippen molar-refractivity contribution in [2.45, 2.75) is 0 Å². The Labute approximate surface area is 257 Å². The molecule has 0 aliphatic carbocycles. The predicted molar refractivity (Wildman–Crippen MR) is 187 cm³/mol. The molecule has 0 radical (unpaired) electrons. The highest BCUT2D eigenvalue weighted by atomic mass is 32.1. The van der Waals surface area contributed by atoms with Gasteiger partial charge in [-0.15, -0.1) is 11.3 Å². The van der Waals surface area contributed by atoms with Crippen molar-refractivity contribution in [3.05, 3.63) is 140 Å². The molecule has 0 spiro atoms. The van der Waals surface area contributed by atoms with E-state index in [1.807, 2.05) is 23.5 Å². The molecule has 1 aliphatic rings. The largest absolute Gasteiger partial charge is 0.292 e. The van der Waals surface area contributed by atoms with Gasteiger partial charge < -0.3 is 0 Å². The standard InChI is InChI=1S/C40H23N3S/c1-2-10-26-23-35-30(21-25(26)9-1)29-14-7-11-24-12-8-17-34(38(24)29)43(35)40-39(41-32-15-4-5-16-33(32)42-40)27-19-20-37-31(22-27)28-13-3-6-18-36(28)44-37/h1-23H. The van der Waals surface area contributed by atoms with E-state index in [0.717, 1.165) is 39.5 Å². The van der Waals surface area contributed by atoms with Gasteiger partial charge in [-0.2, -0.15) is 0 Å². The Morgan fingerprint density at radius 1 is 0.477 bits per heavy atom. The molecule has 204 valence electrons. The average Bonchev–Trinajstić information content (AvgIpc) is 3.45. The van der Waals surface area contributed by atoms with Crippen molar-refractivity contribution in [2.75, 3.05) is 4.90 Å². The van der Waals surface area contributed by atoms with E-state index in [2.05, 4.69) is 132 Å². The van der Waals surface area contributed by atoms with E-state index in [-0.39, 0.29) is 0 Å². The summed E-state index contributed by atoms with van der Waals surface area (Å²) in [5, 5.41) is 7.40. The molecule has 0 saturated heterocycles. The van der Waals surface area contributed by atoms with Crippen LogP contribution in [-0.4, -0.2) is 9.97 Å². The summed E-state index contributed by atoms with van der Waals surface area (Å²) in [6.45, 7) is 0. The lowest BCUT2D eigenvalue weighted by Gasteiger charge is -2.34. The highest BCUT2D eigenvalue weighted by Crippen LogP contribution is 2.53. The molecule has 3 heterocycles. The quantitative estimate of drug-likeness (QED) is 0.205. The summed E-state index contributed by atoms with van der Waals surface area (Å²) < 4.78 is 2.57. The number of hydrogen-bond donors (Lipinski definition) is 0. The lowest BCUT2D eigenvalue weighted by Crippen LogP contribution is -2.18. The second-order valence-corrected chi connectivity index (χ2v) is 12.5. The topological polar surface area (TPSA) is 29.0 Å². The van der Waals surface area contributed by atoms with Crippen molar-refractivity contribution in [1.29, 1.82) is 0 Å². The summed E-state index contributed by atoms with van der Waals surface area (Å²) in [4.78, 5) is 13.1. The van der Waals surface area contributed by atoms with Crippen molar-refractivity contribution in [3.63, 3.8) is 0 Å². The molecule has 7 aromatic carbocycles. The van der Waals surface area contributed by atoms with Crippen molar-refractivity contribution in [3.8, 4) is 22.4 Å². The summed E-state index contributed by atoms with van der Waals surface area (Å²) in [7, 11) is 0. The molecular weight excluding hydrogens is 555 g/mol. The Kier molecular flexibility index (Phi) is 4.87. The van der Waals surface area contributed by atoms with Gasteiger partial charge >= 0.3 is 0 Å². The third-order valence-electron chi connectivity index (χ3n) is 8.93. The summed E-state index contributed by atoms with van der Waals surface area (Å²) in [6.07, 6.45) is 0. The van der Waals surface area contributed by atoms with Crippen LogP contribution in [-0.2, 0) is 0 Å².